The van der Waals surface area contributed by atoms with E-state index in [0.717, 1.165) is 11.0 Å². The third kappa shape index (κ3) is 2.85. The normalized spacial score (nSPS) is 9.21. The summed E-state index contributed by atoms with van der Waals surface area (Å²) in [6, 6.07) is 7.70. The van der Waals surface area contributed by atoms with Crippen LogP contribution in [0, 0.1) is 0 Å². The Bertz CT molecular complexity index is 381. The van der Waals surface area contributed by atoms with Crippen LogP contribution in [0.2, 0.25) is 0 Å². The van der Waals surface area contributed by atoms with Crippen molar-refractivity contribution in [2.24, 2.45) is 0 Å². The molecular formula is C9H11N3O2. The molecule has 14 heavy (non-hydrogen) atoms. The lowest BCUT2D eigenvalue weighted by Crippen LogP contribution is -1.86. The summed E-state index contributed by atoms with van der Waals surface area (Å²) in [7, 11) is 0. The zero-order valence-corrected chi connectivity index (χ0v) is 7.77. The molecule has 0 aliphatic rings. The zero-order chi connectivity index (χ0) is 10.4. The van der Waals surface area contributed by atoms with Gasteiger partial charge in [0.25, 0.3) is 0 Å². The topological polar surface area (TPSA) is 78.9 Å². The van der Waals surface area contributed by atoms with Crippen LogP contribution in [0.15, 0.2) is 24.3 Å². The molecule has 0 bridgehead atoms. The van der Waals surface area contributed by atoms with Crippen LogP contribution in [0.1, 0.15) is 13.3 Å². The Morgan fingerprint density at radius 1 is 1.36 bits per heavy atom. The molecule has 0 radical (unpaired) electrons. The molecule has 0 amide bonds. The Morgan fingerprint density at radius 3 is 2.14 bits per heavy atom. The fourth-order valence-corrected chi connectivity index (χ4v) is 0.786. The van der Waals surface area contributed by atoms with E-state index in [1.807, 2.05) is 24.3 Å². The minimum Gasteiger partial charge on any atom is -0.481 e. The second-order valence-electron chi connectivity index (χ2n) is 2.56. The molecule has 2 rings (SSSR count). The Morgan fingerprint density at radius 2 is 1.79 bits per heavy atom. The van der Waals surface area contributed by atoms with Crippen molar-refractivity contribution in [2.45, 2.75) is 13.3 Å². The van der Waals surface area contributed by atoms with E-state index in [2.05, 4.69) is 15.4 Å². The van der Waals surface area contributed by atoms with E-state index in [9.17, 15) is 4.79 Å². The number of nitrogens with one attached hydrogen (secondary N) is 1. The summed E-state index contributed by atoms with van der Waals surface area (Å²) in [5, 5.41) is 18.0. The van der Waals surface area contributed by atoms with Gasteiger partial charge in [-0.15, -0.1) is 0 Å². The average Bonchev–Trinajstić information content (AvgIpc) is 2.66. The summed E-state index contributed by atoms with van der Waals surface area (Å²) in [5.41, 5.74) is 1.83. The van der Waals surface area contributed by atoms with Gasteiger partial charge in [0.2, 0.25) is 0 Å². The maximum absolute atomic E-state index is 9.37. The van der Waals surface area contributed by atoms with Crippen LogP contribution >= 0.6 is 0 Å². The quantitative estimate of drug-likeness (QED) is 0.718. The van der Waals surface area contributed by atoms with Gasteiger partial charge in [-0.1, -0.05) is 19.1 Å². The molecule has 1 aromatic carbocycles. The first-order chi connectivity index (χ1) is 6.74. The van der Waals surface area contributed by atoms with Gasteiger partial charge in [-0.3, -0.25) is 4.79 Å². The summed E-state index contributed by atoms with van der Waals surface area (Å²) >= 11 is 0. The van der Waals surface area contributed by atoms with Gasteiger partial charge >= 0.3 is 5.97 Å². The van der Waals surface area contributed by atoms with E-state index in [1.165, 1.54) is 0 Å². The number of hydrogen-bond acceptors (Lipinski definition) is 3. The highest BCUT2D eigenvalue weighted by Crippen LogP contribution is 2.03. The minimum atomic E-state index is -0.745. The molecule has 0 atom stereocenters. The zero-order valence-electron chi connectivity index (χ0n) is 7.77. The van der Waals surface area contributed by atoms with E-state index < -0.39 is 5.97 Å². The standard InChI is InChI=1S/C6H5N3.C3H6O2/c1-2-4-6-5(3-1)7-9-8-6;1-2-3(4)5/h1-4H,(H,7,8,9);2H2,1H3,(H,4,5). The number of rotatable bonds is 1. The fourth-order valence-electron chi connectivity index (χ4n) is 0.786. The highest BCUT2D eigenvalue weighted by atomic mass is 16.4. The number of carbonyl (C=O) groups is 1. The smallest absolute Gasteiger partial charge is 0.303 e. The number of hydrogen-bond donors (Lipinski definition) is 2. The van der Waals surface area contributed by atoms with Crippen molar-refractivity contribution in [3.05, 3.63) is 24.3 Å². The summed E-state index contributed by atoms with van der Waals surface area (Å²) in [6.45, 7) is 1.60. The van der Waals surface area contributed by atoms with Crippen molar-refractivity contribution in [3.8, 4) is 0 Å². The van der Waals surface area contributed by atoms with Crippen LogP contribution in [-0.2, 0) is 4.79 Å². The maximum Gasteiger partial charge on any atom is 0.303 e. The predicted octanol–water partition coefficient (Wildman–Crippen LogP) is 1.44. The second-order valence-corrected chi connectivity index (χ2v) is 2.56. The molecule has 5 heteroatoms. The SMILES string of the molecule is CCC(=O)O.c1ccc2n[nH]nc2c1. The third-order valence-corrected chi connectivity index (χ3v) is 1.53. The van der Waals surface area contributed by atoms with Crippen LogP contribution < -0.4 is 0 Å². The fraction of sp³-hybridized carbons (Fsp3) is 0.222. The van der Waals surface area contributed by atoms with Gasteiger partial charge in [-0.2, -0.15) is 15.4 Å². The first-order valence-electron chi connectivity index (χ1n) is 4.21. The first kappa shape index (κ1) is 10.2. The van der Waals surface area contributed by atoms with Crippen molar-refractivity contribution >= 4 is 17.0 Å². The number of aromatic nitrogens is 3. The van der Waals surface area contributed by atoms with Gasteiger partial charge in [0, 0.05) is 6.42 Å². The van der Waals surface area contributed by atoms with Crippen molar-refractivity contribution in [3.63, 3.8) is 0 Å². The molecule has 0 saturated heterocycles. The molecule has 0 fully saturated rings. The molecule has 74 valence electrons. The lowest BCUT2D eigenvalue weighted by molar-refractivity contribution is -0.136. The van der Waals surface area contributed by atoms with Gasteiger partial charge < -0.3 is 5.11 Å². The molecule has 0 saturated carbocycles. The first-order valence-corrected chi connectivity index (χ1v) is 4.21. The van der Waals surface area contributed by atoms with Crippen molar-refractivity contribution in [2.75, 3.05) is 0 Å². The maximum atomic E-state index is 9.37. The number of carboxylic acids is 1. The molecule has 1 aromatic heterocycles. The van der Waals surface area contributed by atoms with Crippen LogP contribution in [0.3, 0.4) is 0 Å². The van der Waals surface area contributed by atoms with Crippen molar-refractivity contribution in [1.82, 2.24) is 15.4 Å². The number of fused-ring (bicyclic) bond motifs is 1. The van der Waals surface area contributed by atoms with Crippen LogP contribution in [0.25, 0.3) is 11.0 Å². The summed E-state index contributed by atoms with van der Waals surface area (Å²) in [5.74, 6) is -0.745. The Kier molecular flexibility index (Phi) is 3.60. The Balaban J connectivity index is 0.000000171. The van der Waals surface area contributed by atoms with Gasteiger partial charge in [-0.05, 0) is 12.1 Å². The summed E-state index contributed by atoms with van der Waals surface area (Å²) in [4.78, 5) is 9.37. The predicted molar refractivity (Wildman–Crippen MR) is 51.8 cm³/mol. The molecular weight excluding hydrogens is 182 g/mol. The number of H-pyrrole nitrogens is 1. The number of para-hydroxylation sites is 2. The van der Waals surface area contributed by atoms with Crippen molar-refractivity contribution < 1.29 is 9.90 Å². The molecule has 0 aliphatic carbocycles. The highest BCUT2D eigenvalue weighted by molar-refractivity contribution is 5.72. The van der Waals surface area contributed by atoms with E-state index in [1.54, 1.807) is 6.92 Å². The average molecular weight is 193 g/mol. The lowest BCUT2D eigenvalue weighted by Gasteiger charge is -1.78. The number of carboxylic acid groups (broad SMARTS) is 1. The molecule has 0 spiro atoms. The summed E-state index contributed by atoms with van der Waals surface area (Å²) < 4.78 is 0. The van der Waals surface area contributed by atoms with Crippen LogP contribution in [-0.4, -0.2) is 26.5 Å². The van der Waals surface area contributed by atoms with Crippen LogP contribution in [0.4, 0.5) is 0 Å². The number of nitrogens with zero attached hydrogens (tertiary/aromatic N) is 2. The monoisotopic (exact) mass is 193 g/mol. The lowest BCUT2D eigenvalue weighted by atomic mass is 10.3. The van der Waals surface area contributed by atoms with E-state index in [0.29, 0.717) is 0 Å². The Labute approximate surface area is 80.8 Å². The number of aliphatic carboxylic acids is 1. The molecule has 5 nitrogen and oxygen atoms in total. The molecule has 2 N–H and O–H groups in total. The van der Waals surface area contributed by atoms with Gasteiger partial charge in [0.1, 0.15) is 11.0 Å². The van der Waals surface area contributed by atoms with Crippen molar-refractivity contribution in [1.29, 1.82) is 0 Å². The number of aromatic amines is 1. The van der Waals surface area contributed by atoms with Gasteiger partial charge in [0.05, 0.1) is 0 Å². The molecule has 0 aliphatic heterocycles. The summed E-state index contributed by atoms with van der Waals surface area (Å²) in [6.07, 6.45) is 0.222. The Hall–Kier alpha value is -1.91. The largest absolute Gasteiger partial charge is 0.481 e. The molecule has 2 aromatic rings. The minimum absolute atomic E-state index is 0.222. The number of benzene rings is 1. The van der Waals surface area contributed by atoms with Gasteiger partial charge in [0.15, 0.2) is 0 Å². The van der Waals surface area contributed by atoms with E-state index in [4.69, 9.17) is 5.11 Å². The third-order valence-electron chi connectivity index (χ3n) is 1.53. The van der Waals surface area contributed by atoms with Crippen LogP contribution in [0.5, 0.6) is 0 Å². The van der Waals surface area contributed by atoms with E-state index >= 15 is 0 Å². The molecule has 0 unspecified atom stereocenters. The second kappa shape index (κ2) is 4.96. The molecule has 1 heterocycles. The van der Waals surface area contributed by atoms with Gasteiger partial charge in [-0.25, -0.2) is 0 Å². The highest BCUT2D eigenvalue weighted by Gasteiger charge is 1.90. The van der Waals surface area contributed by atoms with E-state index in [-0.39, 0.29) is 6.42 Å².